The van der Waals surface area contributed by atoms with Crippen molar-refractivity contribution in [1.82, 2.24) is 0 Å². The maximum atomic E-state index is 10.9. The Morgan fingerprint density at radius 3 is 2.43 bits per heavy atom. The Balaban J connectivity index is 2.14. The van der Waals surface area contributed by atoms with Crippen molar-refractivity contribution in [2.24, 2.45) is 0 Å². The standard InChI is InChI=1S/C16H18N2O3/c1-18(10-11-3-6-13(21-2)7-4-11)12-5-8-14(16(19)20)15(17)9-12/h3-9H,10,17H2,1-2H3,(H,19,20). The van der Waals surface area contributed by atoms with Crippen LogP contribution in [-0.4, -0.2) is 25.2 Å². The molecule has 0 spiro atoms. The molecule has 0 aliphatic carbocycles. The van der Waals surface area contributed by atoms with Crippen molar-refractivity contribution in [3.8, 4) is 5.75 Å². The Hall–Kier alpha value is -2.69. The van der Waals surface area contributed by atoms with Crippen LogP contribution in [0.1, 0.15) is 15.9 Å². The van der Waals surface area contributed by atoms with Crippen LogP contribution in [0.4, 0.5) is 11.4 Å². The lowest BCUT2D eigenvalue weighted by Crippen LogP contribution is -2.17. The number of nitrogen functional groups attached to an aromatic ring is 1. The van der Waals surface area contributed by atoms with Gasteiger partial charge < -0.3 is 20.5 Å². The summed E-state index contributed by atoms with van der Waals surface area (Å²) in [5.41, 5.74) is 8.15. The number of methoxy groups -OCH3 is 1. The number of aromatic carboxylic acids is 1. The van der Waals surface area contributed by atoms with Gasteiger partial charge in [-0.1, -0.05) is 12.1 Å². The Labute approximate surface area is 123 Å². The predicted octanol–water partition coefficient (Wildman–Crippen LogP) is 2.61. The second-order valence-electron chi connectivity index (χ2n) is 4.78. The van der Waals surface area contributed by atoms with Gasteiger partial charge >= 0.3 is 5.97 Å². The van der Waals surface area contributed by atoms with E-state index in [1.807, 2.05) is 36.2 Å². The molecule has 0 unspecified atom stereocenters. The van der Waals surface area contributed by atoms with Crippen LogP contribution < -0.4 is 15.4 Å². The zero-order valence-electron chi connectivity index (χ0n) is 12.0. The quantitative estimate of drug-likeness (QED) is 0.826. The Morgan fingerprint density at radius 1 is 1.24 bits per heavy atom. The molecule has 0 atom stereocenters. The van der Waals surface area contributed by atoms with E-state index in [0.29, 0.717) is 6.54 Å². The number of hydrogen-bond donors (Lipinski definition) is 2. The lowest BCUT2D eigenvalue weighted by atomic mass is 10.1. The molecule has 3 N–H and O–H groups in total. The first-order valence-electron chi connectivity index (χ1n) is 6.48. The van der Waals surface area contributed by atoms with Crippen LogP contribution in [0.2, 0.25) is 0 Å². The van der Waals surface area contributed by atoms with Gasteiger partial charge in [-0.15, -0.1) is 0 Å². The molecule has 0 fully saturated rings. The van der Waals surface area contributed by atoms with Gasteiger partial charge in [-0.25, -0.2) is 4.79 Å². The highest BCUT2D eigenvalue weighted by molar-refractivity contribution is 5.94. The topological polar surface area (TPSA) is 75.8 Å². The molecule has 2 rings (SSSR count). The molecule has 0 aromatic heterocycles. The first-order valence-corrected chi connectivity index (χ1v) is 6.48. The van der Waals surface area contributed by atoms with Crippen LogP contribution in [0.15, 0.2) is 42.5 Å². The molecule has 0 aliphatic rings. The zero-order valence-corrected chi connectivity index (χ0v) is 12.0. The fraction of sp³-hybridized carbons (Fsp3) is 0.188. The summed E-state index contributed by atoms with van der Waals surface area (Å²) >= 11 is 0. The van der Waals surface area contributed by atoms with Crippen LogP contribution in [-0.2, 0) is 6.54 Å². The Bertz CT molecular complexity index is 638. The monoisotopic (exact) mass is 286 g/mol. The molecular weight excluding hydrogens is 268 g/mol. The number of carboxylic acid groups (broad SMARTS) is 1. The SMILES string of the molecule is COc1ccc(CN(C)c2ccc(C(=O)O)c(N)c2)cc1. The second kappa shape index (κ2) is 6.17. The van der Waals surface area contributed by atoms with Crippen molar-refractivity contribution in [3.05, 3.63) is 53.6 Å². The van der Waals surface area contributed by atoms with Crippen LogP contribution in [0.25, 0.3) is 0 Å². The third-order valence-electron chi connectivity index (χ3n) is 3.29. The number of nitrogens with two attached hydrogens (primary N) is 1. The summed E-state index contributed by atoms with van der Waals surface area (Å²) in [7, 11) is 3.56. The van der Waals surface area contributed by atoms with Crippen molar-refractivity contribution in [2.45, 2.75) is 6.54 Å². The van der Waals surface area contributed by atoms with Gasteiger partial charge in [-0.3, -0.25) is 0 Å². The minimum atomic E-state index is -1.02. The van der Waals surface area contributed by atoms with E-state index in [4.69, 9.17) is 15.6 Å². The van der Waals surface area contributed by atoms with Crippen LogP contribution >= 0.6 is 0 Å². The summed E-state index contributed by atoms with van der Waals surface area (Å²) in [4.78, 5) is 13.0. The van der Waals surface area contributed by atoms with Gasteiger partial charge in [-0.2, -0.15) is 0 Å². The van der Waals surface area contributed by atoms with Gasteiger partial charge in [0, 0.05) is 25.0 Å². The van der Waals surface area contributed by atoms with Gasteiger partial charge in [0.15, 0.2) is 0 Å². The third-order valence-corrected chi connectivity index (χ3v) is 3.29. The molecule has 0 bridgehead atoms. The molecular formula is C16H18N2O3. The highest BCUT2D eigenvalue weighted by atomic mass is 16.5. The van der Waals surface area contributed by atoms with Crippen LogP contribution in [0.5, 0.6) is 5.75 Å². The number of anilines is 2. The average Bonchev–Trinajstić information content (AvgIpc) is 2.47. The summed E-state index contributed by atoms with van der Waals surface area (Å²) in [6.45, 7) is 0.690. The lowest BCUT2D eigenvalue weighted by molar-refractivity contribution is 0.0698. The fourth-order valence-electron chi connectivity index (χ4n) is 2.08. The third kappa shape index (κ3) is 3.45. The van der Waals surface area contributed by atoms with Gasteiger partial charge in [0.1, 0.15) is 5.75 Å². The number of carboxylic acids is 1. The molecule has 110 valence electrons. The molecule has 2 aromatic rings. The molecule has 0 saturated carbocycles. The van der Waals surface area contributed by atoms with Gasteiger partial charge in [-0.05, 0) is 35.9 Å². The highest BCUT2D eigenvalue weighted by Gasteiger charge is 2.10. The first kappa shape index (κ1) is 14.7. The van der Waals surface area contributed by atoms with Gasteiger partial charge in [0.2, 0.25) is 0 Å². The van der Waals surface area contributed by atoms with Gasteiger partial charge in [0.05, 0.1) is 12.7 Å². The maximum Gasteiger partial charge on any atom is 0.337 e. The normalized spacial score (nSPS) is 10.2. The molecule has 0 heterocycles. The van der Waals surface area contributed by atoms with Crippen molar-refractivity contribution in [2.75, 3.05) is 24.8 Å². The molecule has 0 radical (unpaired) electrons. The summed E-state index contributed by atoms with van der Waals surface area (Å²) in [6, 6.07) is 12.7. The lowest BCUT2D eigenvalue weighted by Gasteiger charge is -2.20. The molecule has 0 aliphatic heterocycles. The second-order valence-corrected chi connectivity index (χ2v) is 4.78. The Morgan fingerprint density at radius 2 is 1.90 bits per heavy atom. The predicted molar refractivity (Wildman–Crippen MR) is 82.9 cm³/mol. The number of nitrogens with zero attached hydrogens (tertiary/aromatic N) is 1. The van der Waals surface area contributed by atoms with E-state index in [-0.39, 0.29) is 11.3 Å². The molecule has 5 nitrogen and oxygen atoms in total. The first-order chi connectivity index (χ1) is 10.0. The van der Waals surface area contributed by atoms with Crippen molar-refractivity contribution < 1.29 is 14.6 Å². The summed E-state index contributed by atoms with van der Waals surface area (Å²) in [6.07, 6.45) is 0. The smallest absolute Gasteiger partial charge is 0.337 e. The zero-order chi connectivity index (χ0) is 15.4. The number of ether oxygens (including phenoxy) is 1. The van der Waals surface area contributed by atoms with Gasteiger partial charge in [0.25, 0.3) is 0 Å². The minimum absolute atomic E-state index is 0.122. The number of rotatable bonds is 5. The van der Waals surface area contributed by atoms with E-state index in [1.165, 1.54) is 6.07 Å². The number of hydrogen-bond acceptors (Lipinski definition) is 4. The van der Waals surface area contributed by atoms with E-state index in [9.17, 15) is 4.79 Å². The average molecular weight is 286 g/mol. The van der Waals surface area contributed by atoms with E-state index in [0.717, 1.165) is 17.0 Å². The van der Waals surface area contributed by atoms with Crippen molar-refractivity contribution in [1.29, 1.82) is 0 Å². The summed E-state index contributed by atoms with van der Waals surface area (Å²) in [5, 5.41) is 8.97. The molecule has 0 saturated heterocycles. The minimum Gasteiger partial charge on any atom is -0.497 e. The summed E-state index contributed by atoms with van der Waals surface area (Å²) in [5.74, 6) is -0.201. The maximum absolute atomic E-state index is 10.9. The molecule has 21 heavy (non-hydrogen) atoms. The van der Waals surface area contributed by atoms with E-state index >= 15 is 0 Å². The molecule has 0 amide bonds. The van der Waals surface area contributed by atoms with Crippen molar-refractivity contribution >= 4 is 17.3 Å². The van der Waals surface area contributed by atoms with Crippen molar-refractivity contribution in [3.63, 3.8) is 0 Å². The number of benzene rings is 2. The molecule has 2 aromatic carbocycles. The Kier molecular flexibility index (Phi) is 4.33. The van der Waals surface area contributed by atoms with E-state index < -0.39 is 5.97 Å². The van der Waals surface area contributed by atoms with E-state index in [1.54, 1.807) is 19.2 Å². The largest absolute Gasteiger partial charge is 0.497 e. The molecule has 5 heteroatoms. The summed E-state index contributed by atoms with van der Waals surface area (Å²) < 4.78 is 5.12. The fourth-order valence-corrected chi connectivity index (χ4v) is 2.08. The van der Waals surface area contributed by atoms with Crippen LogP contribution in [0.3, 0.4) is 0 Å². The highest BCUT2D eigenvalue weighted by Crippen LogP contribution is 2.22. The van der Waals surface area contributed by atoms with E-state index in [2.05, 4.69) is 0 Å². The van der Waals surface area contributed by atoms with Crippen LogP contribution in [0, 0.1) is 0 Å². The number of carbonyl (C=O) groups is 1.